The molecule has 0 saturated carbocycles. The van der Waals surface area contributed by atoms with E-state index in [1.54, 1.807) is 0 Å². The molecule has 1 heterocycles. The second kappa shape index (κ2) is 7.33. The summed E-state index contributed by atoms with van der Waals surface area (Å²) in [7, 11) is 1.17. The summed E-state index contributed by atoms with van der Waals surface area (Å²) in [6.45, 7) is 0. The van der Waals surface area contributed by atoms with E-state index in [1.807, 2.05) is 0 Å². The van der Waals surface area contributed by atoms with Crippen LogP contribution in [-0.4, -0.2) is 41.0 Å². The highest BCUT2D eigenvalue weighted by Gasteiger charge is 2.23. The van der Waals surface area contributed by atoms with Gasteiger partial charge in [0.1, 0.15) is 6.04 Å². The first-order valence-electron chi connectivity index (χ1n) is 5.68. The van der Waals surface area contributed by atoms with E-state index in [0.717, 1.165) is 17.4 Å². The van der Waals surface area contributed by atoms with Gasteiger partial charge < -0.3 is 15.2 Å². The second-order valence-electron chi connectivity index (χ2n) is 3.91. The number of aliphatic carboxylic acids is 1. The van der Waals surface area contributed by atoms with Gasteiger partial charge in [-0.1, -0.05) is 11.3 Å². The standard InChI is InChI=1S/C11H12N2O7S/c1-20-9(14)3-2-7(11(16)17)12-10(15)6-4-8(13(18)19)21-5-6/h4-5,7H,2-3H2,1H3,(H,12,15)(H,16,17)/t7-/m1/s1. The Labute approximate surface area is 122 Å². The van der Waals surface area contributed by atoms with Crippen LogP contribution in [0.5, 0.6) is 0 Å². The molecule has 0 aliphatic rings. The summed E-state index contributed by atoms with van der Waals surface area (Å²) in [6.07, 6.45) is -0.308. The minimum absolute atomic E-state index is 0.00369. The molecule has 0 aliphatic heterocycles. The summed E-state index contributed by atoms with van der Waals surface area (Å²) >= 11 is 0.762. The van der Waals surface area contributed by atoms with E-state index >= 15 is 0 Å². The Kier molecular flexibility index (Phi) is 5.79. The number of esters is 1. The highest BCUT2D eigenvalue weighted by atomic mass is 32.1. The quantitative estimate of drug-likeness (QED) is 0.431. The fraction of sp³-hybridized carbons (Fsp3) is 0.364. The molecule has 2 N–H and O–H groups in total. The van der Waals surface area contributed by atoms with Crippen molar-refractivity contribution in [2.45, 2.75) is 18.9 Å². The largest absolute Gasteiger partial charge is 0.480 e. The number of amides is 1. The van der Waals surface area contributed by atoms with E-state index in [4.69, 9.17) is 5.11 Å². The number of carbonyl (C=O) groups is 3. The number of carboxylic acid groups (broad SMARTS) is 1. The van der Waals surface area contributed by atoms with Crippen LogP contribution in [0.15, 0.2) is 11.4 Å². The second-order valence-corrected chi connectivity index (χ2v) is 4.80. The molecule has 0 unspecified atom stereocenters. The minimum atomic E-state index is -1.31. The lowest BCUT2D eigenvalue weighted by atomic mass is 10.1. The normalized spacial score (nSPS) is 11.5. The van der Waals surface area contributed by atoms with Crippen molar-refractivity contribution in [2.24, 2.45) is 0 Å². The van der Waals surface area contributed by atoms with Crippen molar-refractivity contribution in [3.05, 3.63) is 27.1 Å². The van der Waals surface area contributed by atoms with Crippen molar-refractivity contribution in [3.8, 4) is 0 Å². The number of ether oxygens (including phenoxy) is 1. The van der Waals surface area contributed by atoms with E-state index in [0.29, 0.717) is 0 Å². The van der Waals surface area contributed by atoms with Crippen LogP contribution in [0.2, 0.25) is 0 Å². The maximum atomic E-state index is 11.8. The van der Waals surface area contributed by atoms with E-state index in [9.17, 15) is 24.5 Å². The first kappa shape index (κ1) is 16.6. The molecule has 0 aromatic carbocycles. The molecule has 0 spiro atoms. The molecule has 0 aliphatic carbocycles. The third-order valence-electron chi connectivity index (χ3n) is 2.50. The van der Waals surface area contributed by atoms with Crippen molar-refractivity contribution in [1.82, 2.24) is 5.32 Å². The molecule has 0 radical (unpaired) electrons. The van der Waals surface area contributed by atoms with Gasteiger partial charge in [0.05, 0.1) is 17.6 Å². The van der Waals surface area contributed by atoms with E-state index in [1.165, 1.54) is 12.5 Å². The molecule has 21 heavy (non-hydrogen) atoms. The summed E-state index contributed by atoms with van der Waals surface area (Å²) in [6, 6.07) is -0.227. The van der Waals surface area contributed by atoms with Crippen molar-refractivity contribution < 1.29 is 29.2 Å². The van der Waals surface area contributed by atoms with Gasteiger partial charge in [-0.05, 0) is 6.42 Å². The lowest BCUT2D eigenvalue weighted by Gasteiger charge is -2.13. The zero-order chi connectivity index (χ0) is 16.0. The smallest absolute Gasteiger partial charge is 0.326 e. The molecular weight excluding hydrogens is 304 g/mol. The predicted octanol–water partition coefficient (Wildman–Crippen LogP) is 0.792. The van der Waals surface area contributed by atoms with Crippen molar-refractivity contribution in [2.75, 3.05) is 7.11 Å². The minimum Gasteiger partial charge on any atom is -0.480 e. The third-order valence-corrected chi connectivity index (χ3v) is 3.38. The fourth-order valence-electron chi connectivity index (χ4n) is 1.40. The zero-order valence-electron chi connectivity index (χ0n) is 10.9. The Morgan fingerprint density at radius 3 is 2.67 bits per heavy atom. The predicted molar refractivity (Wildman–Crippen MR) is 71.1 cm³/mol. The van der Waals surface area contributed by atoms with Crippen molar-refractivity contribution >= 4 is 34.2 Å². The van der Waals surface area contributed by atoms with Gasteiger partial charge in [0, 0.05) is 17.9 Å². The van der Waals surface area contributed by atoms with Crippen LogP contribution in [0.25, 0.3) is 0 Å². The number of nitro groups is 1. The maximum absolute atomic E-state index is 11.8. The zero-order valence-corrected chi connectivity index (χ0v) is 11.7. The van der Waals surface area contributed by atoms with Gasteiger partial charge in [0.25, 0.3) is 5.91 Å². The Bertz CT molecular complexity index is 569. The number of carbonyl (C=O) groups excluding carboxylic acids is 2. The molecule has 1 atom stereocenters. The number of hydrogen-bond acceptors (Lipinski definition) is 7. The molecule has 1 aromatic heterocycles. The molecule has 1 amide bonds. The highest BCUT2D eigenvalue weighted by Crippen LogP contribution is 2.22. The Balaban J connectivity index is 2.69. The third kappa shape index (κ3) is 4.84. The first-order chi connectivity index (χ1) is 9.85. The van der Waals surface area contributed by atoms with Crippen molar-refractivity contribution in [1.29, 1.82) is 0 Å². The number of nitrogens with zero attached hydrogens (tertiary/aromatic N) is 1. The highest BCUT2D eigenvalue weighted by molar-refractivity contribution is 7.13. The summed E-state index contributed by atoms with van der Waals surface area (Å²) in [5, 5.41) is 22.7. The first-order valence-corrected chi connectivity index (χ1v) is 6.56. The van der Waals surface area contributed by atoms with Gasteiger partial charge in [0.2, 0.25) is 0 Å². The molecule has 1 aromatic rings. The number of rotatable bonds is 7. The molecular formula is C11H12N2O7S. The summed E-state index contributed by atoms with van der Waals surface area (Å²) < 4.78 is 4.38. The summed E-state index contributed by atoms with van der Waals surface area (Å²) in [4.78, 5) is 43.7. The molecule has 0 bridgehead atoms. The van der Waals surface area contributed by atoms with Gasteiger partial charge in [-0.25, -0.2) is 4.79 Å². The molecule has 0 fully saturated rings. The lowest BCUT2D eigenvalue weighted by Crippen LogP contribution is -2.41. The number of thiophene rings is 1. The number of hydrogen-bond donors (Lipinski definition) is 2. The Morgan fingerprint density at radius 2 is 2.19 bits per heavy atom. The van der Waals surface area contributed by atoms with Crippen LogP contribution in [0.3, 0.4) is 0 Å². The Morgan fingerprint density at radius 1 is 1.52 bits per heavy atom. The molecule has 10 heteroatoms. The monoisotopic (exact) mass is 316 g/mol. The van der Waals surface area contributed by atoms with Crippen LogP contribution in [0.1, 0.15) is 23.2 Å². The van der Waals surface area contributed by atoms with E-state index in [-0.39, 0.29) is 23.4 Å². The van der Waals surface area contributed by atoms with Crippen LogP contribution in [-0.2, 0) is 14.3 Å². The van der Waals surface area contributed by atoms with Gasteiger partial charge in [-0.15, -0.1) is 0 Å². The average Bonchev–Trinajstić information content (AvgIpc) is 2.92. The van der Waals surface area contributed by atoms with Crippen LogP contribution in [0.4, 0.5) is 5.00 Å². The van der Waals surface area contributed by atoms with Gasteiger partial charge in [-0.2, -0.15) is 0 Å². The topological polar surface area (TPSA) is 136 Å². The molecule has 114 valence electrons. The average molecular weight is 316 g/mol. The van der Waals surface area contributed by atoms with Crippen LogP contribution < -0.4 is 5.32 Å². The van der Waals surface area contributed by atoms with Gasteiger partial charge in [-0.3, -0.25) is 19.7 Å². The van der Waals surface area contributed by atoms with Crippen molar-refractivity contribution in [3.63, 3.8) is 0 Å². The summed E-state index contributed by atoms with van der Waals surface area (Å²) in [5.41, 5.74) is -0.00369. The Hall–Kier alpha value is -2.49. The molecule has 1 rings (SSSR count). The van der Waals surface area contributed by atoms with Gasteiger partial charge in [0.15, 0.2) is 0 Å². The number of carboxylic acids is 1. The van der Waals surface area contributed by atoms with Crippen LogP contribution >= 0.6 is 11.3 Å². The van der Waals surface area contributed by atoms with Gasteiger partial charge >= 0.3 is 16.9 Å². The number of methoxy groups -OCH3 is 1. The van der Waals surface area contributed by atoms with E-state index < -0.39 is 28.8 Å². The summed E-state index contributed by atoms with van der Waals surface area (Å²) in [5.74, 6) is -2.66. The molecule has 9 nitrogen and oxygen atoms in total. The van der Waals surface area contributed by atoms with Crippen LogP contribution in [0, 0.1) is 10.1 Å². The SMILES string of the molecule is COC(=O)CC[C@@H](NC(=O)c1csc([N+](=O)[O-])c1)C(=O)O. The maximum Gasteiger partial charge on any atom is 0.326 e. The number of nitrogens with one attached hydrogen (secondary N) is 1. The van der Waals surface area contributed by atoms with E-state index in [2.05, 4.69) is 10.1 Å². The lowest BCUT2D eigenvalue weighted by molar-refractivity contribution is -0.380. The molecule has 0 saturated heterocycles. The fourth-order valence-corrected chi connectivity index (χ4v) is 2.11.